The second kappa shape index (κ2) is 7.88. The smallest absolute Gasteiger partial charge is 0.336 e. The maximum Gasteiger partial charge on any atom is 0.336 e. The summed E-state index contributed by atoms with van der Waals surface area (Å²) in [5.41, 5.74) is 0.671. The van der Waals surface area contributed by atoms with Crippen molar-refractivity contribution in [1.82, 2.24) is 4.98 Å². The van der Waals surface area contributed by atoms with E-state index in [1.54, 1.807) is 29.3 Å². The minimum atomic E-state index is -1.26. The number of aromatic nitrogens is 1. The van der Waals surface area contributed by atoms with Crippen molar-refractivity contribution < 1.29 is 18.7 Å². The third-order valence-corrected chi connectivity index (χ3v) is 5.52. The lowest BCUT2D eigenvalue weighted by Crippen LogP contribution is -2.19. The largest absolute Gasteiger partial charge is 0.478 e. The van der Waals surface area contributed by atoms with Gasteiger partial charge in [-0.1, -0.05) is 41.1 Å². The molecule has 1 fully saturated rings. The molecule has 0 spiro atoms. The highest BCUT2D eigenvalue weighted by Crippen LogP contribution is 2.39. The van der Waals surface area contributed by atoms with E-state index in [9.17, 15) is 18.7 Å². The Hall–Kier alpha value is -2.84. The van der Waals surface area contributed by atoms with Crippen molar-refractivity contribution in [1.29, 1.82) is 0 Å². The number of halogens is 3. The predicted molar refractivity (Wildman–Crippen MR) is 109 cm³/mol. The van der Waals surface area contributed by atoms with Crippen LogP contribution in [0.5, 0.6) is 0 Å². The first-order valence-corrected chi connectivity index (χ1v) is 9.91. The highest BCUT2D eigenvalue weighted by Gasteiger charge is 2.32. The molecule has 148 valence electrons. The number of rotatable bonds is 6. The number of hydrazone groups is 1. The van der Waals surface area contributed by atoms with E-state index >= 15 is 0 Å². The summed E-state index contributed by atoms with van der Waals surface area (Å²) in [7, 11) is 0. The Morgan fingerprint density at radius 2 is 2.03 bits per heavy atom. The molecule has 1 aliphatic rings. The number of anilines is 1. The van der Waals surface area contributed by atoms with E-state index in [4.69, 9.17) is 11.6 Å². The first kappa shape index (κ1) is 19.5. The number of nitrogens with zero attached hydrogens (tertiary/aromatic N) is 3. The van der Waals surface area contributed by atoms with E-state index < -0.39 is 16.9 Å². The van der Waals surface area contributed by atoms with Crippen molar-refractivity contribution >= 4 is 40.3 Å². The molecule has 0 amide bonds. The van der Waals surface area contributed by atoms with Crippen molar-refractivity contribution in [3.05, 3.63) is 69.6 Å². The number of hydrogen-bond donors (Lipinski definition) is 1. The van der Waals surface area contributed by atoms with Gasteiger partial charge in [0.2, 0.25) is 10.3 Å². The first-order chi connectivity index (χ1) is 13.9. The molecule has 3 aromatic rings. The molecule has 4 rings (SSSR count). The van der Waals surface area contributed by atoms with Gasteiger partial charge < -0.3 is 5.11 Å². The monoisotopic (exact) mass is 433 g/mol. The predicted octanol–water partition coefficient (Wildman–Crippen LogP) is 5.44. The van der Waals surface area contributed by atoms with Crippen LogP contribution in [0.2, 0.25) is 5.02 Å². The van der Waals surface area contributed by atoms with Crippen molar-refractivity contribution in [3.8, 4) is 11.3 Å². The fourth-order valence-electron chi connectivity index (χ4n) is 2.78. The van der Waals surface area contributed by atoms with Gasteiger partial charge in [0.1, 0.15) is 11.5 Å². The maximum atomic E-state index is 14.6. The number of hydrogen-bond acceptors (Lipinski definition) is 5. The molecule has 5 nitrogen and oxygen atoms in total. The lowest BCUT2D eigenvalue weighted by Gasteiger charge is -2.14. The molecule has 9 heteroatoms. The Labute approximate surface area is 173 Å². The molecule has 0 atom stereocenters. The van der Waals surface area contributed by atoms with Gasteiger partial charge in [-0.05, 0) is 37.1 Å². The van der Waals surface area contributed by atoms with Crippen LogP contribution >= 0.6 is 22.9 Å². The molecule has 1 aliphatic carbocycles. The van der Waals surface area contributed by atoms with Crippen LogP contribution in [0.3, 0.4) is 0 Å². The Balaban J connectivity index is 1.68. The molecule has 1 N–H and O–H groups in total. The van der Waals surface area contributed by atoms with Crippen LogP contribution in [0.25, 0.3) is 11.3 Å². The minimum Gasteiger partial charge on any atom is -0.478 e. The number of carbonyl (C=O) groups is 1. The van der Waals surface area contributed by atoms with Gasteiger partial charge in [-0.2, -0.15) is 9.49 Å². The Morgan fingerprint density at radius 3 is 2.72 bits per heavy atom. The summed E-state index contributed by atoms with van der Waals surface area (Å²) in [6, 6.07) is 10.3. The minimum absolute atomic E-state index is 0.0459. The Kier molecular flexibility index (Phi) is 5.29. The van der Waals surface area contributed by atoms with Gasteiger partial charge in [-0.3, -0.25) is 0 Å². The van der Waals surface area contributed by atoms with Crippen molar-refractivity contribution in [2.45, 2.75) is 18.9 Å². The fourth-order valence-corrected chi connectivity index (χ4v) is 3.84. The molecule has 0 saturated heterocycles. The zero-order valence-electron chi connectivity index (χ0n) is 14.8. The molecular weight excluding hydrogens is 420 g/mol. The lowest BCUT2D eigenvalue weighted by molar-refractivity contribution is 0.0696. The normalized spacial score (nSPS) is 13.8. The number of carboxylic acid groups (broad SMARTS) is 1. The Bertz CT molecular complexity index is 1110. The standard InChI is InChI=1S/C20H14ClF2N3O2S/c21-16-4-2-1-3-14(16)17-18(23)29-20(25-17)26(13-7-8-13)24-10-11-5-6-12(22)9-15(11)19(27)28/h1-6,9-10,13H,7-8H2,(H,27,28)/b24-10+. The van der Waals surface area contributed by atoms with Crippen LogP contribution in [0, 0.1) is 10.9 Å². The molecule has 1 aromatic heterocycles. The molecule has 29 heavy (non-hydrogen) atoms. The van der Waals surface area contributed by atoms with Crippen LogP contribution in [0.1, 0.15) is 28.8 Å². The van der Waals surface area contributed by atoms with Crippen LogP contribution < -0.4 is 5.01 Å². The van der Waals surface area contributed by atoms with E-state index in [1.165, 1.54) is 12.3 Å². The van der Waals surface area contributed by atoms with Gasteiger partial charge in [0, 0.05) is 11.1 Å². The molecular formula is C20H14ClF2N3O2S. The average molecular weight is 434 g/mol. The van der Waals surface area contributed by atoms with Crippen LogP contribution in [-0.4, -0.2) is 28.3 Å². The van der Waals surface area contributed by atoms with Gasteiger partial charge in [0.15, 0.2) is 0 Å². The second-order valence-corrected chi connectivity index (χ2v) is 7.79. The number of carboxylic acids is 1. The third kappa shape index (κ3) is 4.13. The first-order valence-electron chi connectivity index (χ1n) is 8.71. The van der Waals surface area contributed by atoms with E-state index in [1.807, 2.05) is 0 Å². The summed E-state index contributed by atoms with van der Waals surface area (Å²) in [6.45, 7) is 0. The SMILES string of the molecule is O=C(O)c1cc(F)ccc1/C=N/N(c1nc(-c2ccccc2Cl)c(F)s1)C1CC1. The topological polar surface area (TPSA) is 65.8 Å². The molecule has 0 aliphatic heterocycles. The molecule has 0 radical (unpaired) electrons. The van der Waals surface area contributed by atoms with E-state index in [-0.39, 0.29) is 22.9 Å². The number of aromatic carboxylic acids is 1. The molecule has 1 heterocycles. The second-order valence-electron chi connectivity index (χ2n) is 6.46. The van der Waals surface area contributed by atoms with Gasteiger partial charge in [-0.25, -0.2) is 19.2 Å². The van der Waals surface area contributed by atoms with Gasteiger partial charge in [0.25, 0.3) is 0 Å². The average Bonchev–Trinajstić information content (AvgIpc) is 3.45. The highest BCUT2D eigenvalue weighted by atomic mass is 35.5. The van der Waals surface area contributed by atoms with Crippen molar-refractivity contribution in [2.75, 3.05) is 5.01 Å². The van der Waals surface area contributed by atoms with E-state index in [0.29, 0.717) is 15.7 Å². The summed E-state index contributed by atoms with van der Waals surface area (Å²) in [4.78, 5) is 15.7. The van der Waals surface area contributed by atoms with Gasteiger partial charge in [-0.15, -0.1) is 0 Å². The number of benzene rings is 2. The Morgan fingerprint density at radius 1 is 1.28 bits per heavy atom. The molecule has 2 aromatic carbocycles. The summed E-state index contributed by atoms with van der Waals surface area (Å²) in [5, 5.41) is 15.4. The maximum absolute atomic E-state index is 14.6. The van der Waals surface area contributed by atoms with Crippen LogP contribution in [0.15, 0.2) is 47.6 Å². The van der Waals surface area contributed by atoms with Crippen LogP contribution in [0.4, 0.5) is 13.9 Å². The highest BCUT2D eigenvalue weighted by molar-refractivity contribution is 7.14. The summed E-state index contributed by atoms with van der Waals surface area (Å²) >= 11 is 7.01. The summed E-state index contributed by atoms with van der Waals surface area (Å²) in [6.07, 6.45) is 3.04. The molecule has 0 bridgehead atoms. The number of thiazole rings is 1. The molecule has 0 unspecified atom stereocenters. The zero-order valence-corrected chi connectivity index (χ0v) is 16.4. The lowest BCUT2D eigenvalue weighted by atomic mass is 10.1. The third-order valence-electron chi connectivity index (χ3n) is 4.36. The van der Waals surface area contributed by atoms with Crippen molar-refractivity contribution in [3.63, 3.8) is 0 Å². The quantitative estimate of drug-likeness (QED) is 0.415. The van der Waals surface area contributed by atoms with Crippen LogP contribution in [-0.2, 0) is 0 Å². The van der Waals surface area contributed by atoms with E-state index in [2.05, 4.69) is 10.1 Å². The summed E-state index contributed by atoms with van der Waals surface area (Å²) < 4.78 is 28.0. The van der Waals surface area contributed by atoms with Crippen molar-refractivity contribution in [2.24, 2.45) is 5.10 Å². The zero-order chi connectivity index (χ0) is 20.5. The summed E-state index contributed by atoms with van der Waals surface area (Å²) in [5.74, 6) is -1.91. The van der Waals surface area contributed by atoms with Gasteiger partial charge in [0.05, 0.1) is 22.8 Å². The fraction of sp³-hybridized carbons (Fsp3) is 0.150. The van der Waals surface area contributed by atoms with E-state index in [0.717, 1.165) is 36.3 Å². The van der Waals surface area contributed by atoms with Gasteiger partial charge >= 0.3 is 5.97 Å². The molecule has 1 saturated carbocycles.